The predicted octanol–water partition coefficient (Wildman–Crippen LogP) is 3.67. The second kappa shape index (κ2) is 4.72. The number of nitrogen functional groups attached to an aromatic ring is 1. The Morgan fingerprint density at radius 1 is 1.37 bits per heavy atom. The summed E-state index contributed by atoms with van der Waals surface area (Å²) in [6.07, 6.45) is 4.50. The van der Waals surface area contributed by atoms with Gasteiger partial charge in [-0.25, -0.2) is 4.98 Å². The zero-order valence-corrected chi connectivity index (χ0v) is 11.6. The lowest BCUT2D eigenvalue weighted by molar-refractivity contribution is 0.527. The molecule has 0 aliphatic heterocycles. The first-order valence-electron chi connectivity index (χ1n) is 7.06. The molecule has 1 fully saturated rings. The van der Waals surface area contributed by atoms with Crippen LogP contribution < -0.4 is 5.73 Å². The zero-order valence-electron chi connectivity index (χ0n) is 11.6. The van der Waals surface area contributed by atoms with Gasteiger partial charge in [-0.2, -0.15) is 0 Å². The van der Waals surface area contributed by atoms with Gasteiger partial charge >= 0.3 is 0 Å². The van der Waals surface area contributed by atoms with Crippen molar-refractivity contribution in [3.05, 3.63) is 36.2 Å². The minimum Gasteiger partial charge on any atom is -0.383 e. The average molecular weight is 255 g/mol. The standard InChI is InChI=1S/C16H21N3/c1-11(2)9-19-10-18-15(16(19)17)14-5-3-4-13(8-14)12-6-7-12/h3-5,8,10-12H,6-7,9,17H2,1-2H3. The summed E-state index contributed by atoms with van der Waals surface area (Å²) in [4.78, 5) is 4.50. The summed E-state index contributed by atoms with van der Waals surface area (Å²) in [6, 6.07) is 8.67. The monoisotopic (exact) mass is 255 g/mol. The van der Waals surface area contributed by atoms with E-state index in [1.165, 1.54) is 18.4 Å². The lowest BCUT2D eigenvalue weighted by Crippen LogP contribution is -2.06. The average Bonchev–Trinajstić information content (AvgIpc) is 3.17. The van der Waals surface area contributed by atoms with Crippen molar-refractivity contribution in [2.24, 2.45) is 5.92 Å². The van der Waals surface area contributed by atoms with Gasteiger partial charge in [-0.3, -0.25) is 0 Å². The van der Waals surface area contributed by atoms with E-state index in [0.717, 1.165) is 29.5 Å². The van der Waals surface area contributed by atoms with Crippen LogP contribution in [0.3, 0.4) is 0 Å². The van der Waals surface area contributed by atoms with Crippen molar-refractivity contribution in [3.63, 3.8) is 0 Å². The fourth-order valence-corrected chi connectivity index (χ4v) is 2.51. The number of rotatable bonds is 4. The topological polar surface area (TPSA) is 43.8 Å². The number of anilines is 1. The summed E-state index contributed by atoms with van der Waals surface area (Å²) in [5.41, 5.74) is 9.71. The fourth-order valence-electron chi connectivity index (χ4n) is 2.51. The van der Waals surface area contributed by atoms with Gasteiger partial charge in [-0.05, 0) is 36.3 Å². The third-order valence-corrected chi connectivity index (χ3v) is 3.65. The maximum Gasteiger partial charge on any atom is 0.131 e. The van der Waals surface area contributed by atoms with Crippen LogP contribution in [0.5, 0.6) is 0 Å². The molecule has 2 N–H and O–H groups in total. The van der Waals surface area contributed by atoms with Gasteiger partial charge in [0.15, 0.2) is 0 Å². The highest BCUT2D eigenvalue weighted by atomic mass is 15.1. The Morgan fingerprint density at radius 3 is 2.84 bits per heavy atom. The molecule has 100 valence electrons. The molecule has 0 radical (unpaired) electrons. The van der Waals surface area contributed by atoms with Crippen LogP contribution in [0.2, 0.25) is 0 Å². The van der Waals surface area contributed by atoms with Crippen LogP contribution in [0.1, 0.15) is 38.2 Å². The molecule has 0 atom stereocenters. The first-order chi connectivity index (χ1) is 9.15. The highest BCUT2D eigenvalue weighted by molar-refractivity contribution is 5.71. The van der Waals surface area contributed by atoms with Gasteiger partial charge in [0.2, 0.25) is 0 Å². The zero-order chi connectivity index (χ0) is 13.4. The van der Waals surface area contributed by atoms with Crippen LogP contribution in [-0.2, 0) is 6.54 Å². The SMILES string of the molecule is CC(C)Cn1cnc(-c2cccc(C3CC3)c2)c1N. The van der Waals surface area contributed by atoms with E-state index >= 15 is 0 Å². The molecule has 0 amide bonds. The third kappa shape index (κ3) is 2.50. The first kappa shape index (κ1) is 12.3. The van der Waals surface area contributed by atoms with E-state index in [1.807, 2.05) is 10.9 Å². The molecule has 0 unspecified atom stereocenters. The van der Waals surface area contributed by atoms with Gasteiger partial charge in [0.1, 0.15) is 11.5 Å². The van der Waals surface area contributed by atoms with Gasteiger partial charge in [-0.1, -0.05) is 32.0 Å². The van der Waals surface area contributed by atoms with Crippen molar-refractivity contribution in [3.8, 4) is 11.3 Å². The quantitative estimate of drug-likeness (QED) is 0.906. The molecule has 1 aliphatic rings. The summed E-state index contributed by atoms with van der Waals surface area (Å²) >= 11 is 0. The van der Waals surface area contributed by atoms with Crippen molar-refractivity contribution in [2.75, 3.05) is 5.73 Å². The van der Waals surface area contributed by atoms with Crippen LogP contribution in [-0.4, -0.2) is 9.55 Å². The second-order valence-electron chi connectivity index (χ2n) is 5.92. The lowest BCUT2D eigenvalue weighted by atomic mass is 10.1. The Labute approximate surface area is 114 Å². The van der Waals surface area contributed by atoms with Crippen LogP contribution in [0, 0.1) is 5.92 Å². The Balaban J connectivity index is 1.93. The second-order valence-corrected chi connectivity index (χ2v) is 5.92. The van der Waals surface area contributed by atoms with E-state index in [9.17, 15) is 0 Å². The van der Waals surface area contributed by atoms with Crippen molar-refractivity contribution in [1.82, 2.24) is 9.55 Å². The van der Waals surface area contributed by atoms with Gasteiger partial charge in [-0.15, -0.1) is 0 Å². The van der Waals surface area contributed by atoms with E-state index in [4.69, 9.17) is 5.73 Å². The Morgan fingerprint density at radius 2 is 2.16 bits per heavy atom. The van der Waals surface area contributed by atoms with Gasteiger partial charge in [0.25, 0.3) is 0 Å². The molecule has 3 nitrogen and oxygen atoms in total. The maximum absolute atomic E-state index is 6.23. The first-order valence-corrected chi connectivity index (χ1v) is 7.06. The molecule has 0 spiro atoms. The Bertz CT molecular complexity index is 579. The highest BCUT2D eigenvalue weighted by Gasteiger charge is 2.24. The van der Waals surface area contributed by atoms with Crippen molar-refractivity contribution >= 4 is 5.82 Å². The Hall–Kier alpha value is -1.77. The smallest absolute Gasteiger partial charge is 0.131 e. The fraction of sp³-hybridized carbons (Fsp3) is 0.438. The lowest BCUT2D eigenvalue weighted by Gasteiger charge is -2.08. The third-order valence-electron chi connectivity index (χ3n) is 3.65. The number of aromatic nitrogens is 2. The molecule has 19 heavy (non-hydrogen) atoms. The van der Waals surface area contributed by atoms with Gasteiger partial charge in [0, 0.05) is 12.1 Å². The molecule has 3 heteroatoms. The van der Waals surface area contributed by atoms with E-state index in [1.54, 1.807) is 0 Å². The largest absolute Gasteiger partial charge is 0.383 e. The van der Waals surface area contributed by atoms with Gasteiger partial charge in [0.05, 0.1) is 6.33 Å². The molecule has 1 aromatic carbocycles. The molecule has 1 aromatic heterocycles. The molecule has 1 aliphatic carbocycles. The molecule has 2 aromatic rings. The molecular formula is C16H21N3. The van der Waals surface area contributed by atoms with Crippen molar-refractivity contribution < 1.29 is 0 Å². The maximum atomic E-state index is 6.23. The number of hydrogen-bond donors (Lipinski definition) is 1. The summed E-state index contributed by atoms with van der Waals surface area (Å²) in [5.74, 6) is 2.11. The van der Waals surface area contributed by atoms with Crippen LogP contribution >= 0.6 is 0 Å². The minimum atomic E-state index is 0.571. The van der Waals surface area contributed by atoms with Crippen LogP contribution in [0.4, 0.5) is 5.82 Å². The van der Waals surface area contributed by atoms with E-state index in [-0.39, 0.29) is 0 Å². The highest BCUT2D eigenvalue weighted by Crippen LogP contribution is 2.41. The summed E-state index contributed by atoms with van der Waals surface area (Å²) in [6.45, 7) is 5.29. The number of imidazole rings is 1. The minimum absolute atomic E-state index is 0.571. The van der Waals surface area contributed by atoms with E-state index < -0.39 is 0 Å². The normalized spacial score (nSPS) is 15.1. The summed E-state index contributed by atoms with van der Waals surface area (Å²) < 4.78 is 2.05. The number of benzene rings is 1. The van der Waals surface area contributed by atoms with Crippen LogP contribution in [0.15, 0.2) is 30.6 Å². The number of hydrogen-bond acceptors (Lipinski definition) is 2. The molecule has 0 saturated heterocycles. The molecule has 1 heterocycles. The molecular weight excluding hydrogens is 234 g/mol. The number of nitrogens with two attached hydrogens (primary N) is 1. The predicted molar refractivity (Wildman–Crippen MR) is 78.9 cm³/mol. The summed E-state index contributed by atoms with van der Waals surface area (Å²) in [7, 11) is 0. The van der Waals surface area contributed by atoms with Crippen molar-refractivity contribution in [1.29, 1.82) is 0 Å². The molecule has 1 saturated carbocycles. The van der Waals surface area contributed by atoms with E-state index in [2.05, 4.69) is 43.1 Å². The molecule has 0 bridgehead atoms. The number of nitrogens with zero attached hydrogens (tertiary/aromatic N) is 2. The van der Waals surface area contributed by atoms with Gasteiger partial charge < -0.3 is 10.3 Å². The van der Waals surface area contributed by atoms with E-state index in [0.29, 0.717) is 5.92 Å². The Kier molecular flexibility index (Phi) is 3.05. The molecule has 3 rings (SSSR count). The summed E-state index contributed by atoms with van der Waals surface area (Å²) in [5, 5.41) is 0. The van der Waals surface area contributed by atoms with Crippen molar-refractivity contribution in [2.45, 2.75) is 39.2 Å². The van der Waals surface area contributed by atoms with Crippen LogP contribution in [0.25, 0.3) is 11.3 Å².